The first-order chi connectivity index (χ1) is 16.9. The molecule has 1 atom stereocenters. The zero-order valence-corrected chi connectivity index (χ0v) is 24.0. The van der Waals surface area contributed by atoms with Crippen LogP contribution in [0.2, 0.25) is 0 Å². The number of primary amides is 1. The SMILES string of the molecule is CC(C)N(CCCn1c(SC2=COC(c3ccccc3I)O2)nc(C(N)=O)c1N)C(=O)OC(C)(C)C. The summed E-state index contributed by atoms with van der Waals surface area (Å²) in [7, 11) is 0. The van der Waals surface area contributed by atoms with Crippen molar-refractivity contribution in [2.45, 2.75) is 70.7 Å². The van der Waals surface area contributed by atoms with Gasteiger partial charge in [-0.25, -0.2) is 9.78 Å². The molecular weight excluding hydrogens is 597 g/mol. The smallest absolute Gasteiger partial charge is 0.410 e. The van der Waals surface area contributed by atoms with Crippen molar-refractivity contribution in [2.24, 2.45) is 5.73 Å². The number of carbonyl (C=O) groups excluding carboxylic acids is 2. The van der Waals surface area contributed by atoms with E-state index in [9.17, 15) is 9.59 Å². The molecule has 0 spiro atoms. The van der Waals surface area contributed by atoms with Crippen LogP contribution in [0.5, 0.6) is 0 Å². The molecule has 0 saturated heterocycles. The molecule has 0 fully saturated rings. The molecule has 2 amide bonds. The normalized spacial score (nSPS) is 15.3. The van der Waals surface area contributed by atoms with Gasteiger partial charge in [-0.2, -0.15) is 0 Å². The first-order valence-corrected chi connectivity index (χ1v) is 13.4. The number of imidazole rings is 1. The molecule has 10 nitrogen and oxygen atoms in total. The van der Waals surface area contributed by atoms with E-state index >= 15 is 0 Å². The number of nitrogens with two attached hydrogens (primary N) is 2. The van der Waals surface area contributed by atoms with Crippen molar-refractivity contribution >= 4 is 52.2 Å². The van der Waals surface area contributed by atoms with E-state index in [2.05, 4.69) is 27.6 Å². The van der Waals surface area contributed by atoms with Gasteiger partial charge in [-0.3, -0.25) is 4.79 Å². The van der Waals surface area contributed by atoms with E-state index in [0.717, 1.165) is 9.13 Å². The molecule has 1 aromatic carbocycles. The largest absolute Gasteiger partial charge is 0.454 e. The minimum Gasteiger partial charge on any atom is -0.454 e. The Bertz CT molecular complexity index is 1140. The van der Waals surface area contributed by atoms with Gasteiger partial charge in [-0.15, -0.1) is 0 Å². The van der Waals surface area contributed by atoms with E-state index in [1.54, 1.807) is 9.47 Å². The van der Waals surface area contributed by atoms with Gasteiger partial charge in [0.25, 0.3) is 12.2 Å². The van der Waals surface area contributed by atoms with Crippen LogP contribution in [0.25, 0.3) is 0 Å². The molecule has 4 N–H and O–H groups in total. The number of thioether (sulfide) groups is 1. The lowest BCUT2D eigenvalue weighted by Gasteiger charge is -2.30. The van der Waals surface area contributed by atoms with Crippen LogP contribution in [0.15, 0.2) is 40.8 Å². The number of hydrogen-bond donors (Lipinski definition) is 2. The summed E-state index contributed by atoms with van der Waals surface area (Å²) < 4.78 is 19.9. The molecule has 12 heteroatoms. The summed E-state index contributed by atoms with van der Waals surface area (Å²) in [5.41, 5.74) is 12.0. The number of carbonyl (C=O) groups is 2. The van der Waals surface area contributed by atoms with Crippen molar-refractivity contribution in [1.82, 2.24) is 14.5 Å². The van der Waals surface area contributed by atoms with Crippen LogP contribution in [0.1, 0.15) is 63.4 Å². The summed E-state index contributed by atoms with van der Waals surface area (Å²) in [6.45, 7) is 10.2. The summed E-state index contributed by atoms with van der Waals surface area (Å²) >= 11 is 3.41. The number of rotatable bonds is 9. The summed E-state index contributed by atoms with van der Waals surface area (Å²) in [4.78, 5) is 30.5. The molecule has 3 rings (SSSR count). The van der Waals surface area contributed by atoms with E-state index < -0.39 is 17.8 Å². The standard InChI is InChI=1S/C24H32IN5O5S/c1-14(2)29(23(32)35-24(3,4)5)11-8-12-30-19(26)18(20(27)31)28-22(30)36-17-13-33-21(34-17)15-9-6-7-10-16(15)25/h6-7,9-10,13-14,21H,8,11-12,26H2,1-5H3,(H2,27,31). The maximum absolute atomic E-state index is 12.6. The summed E-state index contributed by atoms with van der Waals surface area (Å²) in [5.74, 6) is -0.563. The predicted octanol–water partition coefficient (Wildman–Crippen LogP) is 4.84. The lowest BCUT2D eigenvalue weighted by molar-refractivity contribution is -0.0279. The Kier molecular flexibility index (Phi) is 9.03. The van der Waals surface area contributed by atoms with Crippen LogP contribution in [0.4, 0.5) is 10.6 Å². The second kappa shape index (κ2) is 11.6. The Morgan fingerprint density at radius 3 is 2.61 bits per heavy atom. The Balaban J connectivity index is 1.72. The number of benzene rings is 1. The first kappa shape index (κ1) is 28.0. The molecule has 1 aromatic heterocycles. The average molecular weight is 630 g/mol. The monoisotopic (exact) mass is 629 g/mol. The van der Waals surface area contributed by atoms with Gasteiger partial charge in [0.05, 0.1) is 0 Å². The molecule has 2 heterocycles. The number of halogens is 1. The van der Waals surface area contributed by atoms with Crippen molar-refractivity contribution in [3.63, 3.8) is 0 Å². The maximum atomic E-state index is 12.6. The quantitative estimate of drug-likeness (QED) is 0.377. The number of amides is 2. The molecular formula is C24H32IN5O5S. The first-order valence-electron chi connectivity index (χ1n) is 11.5. The molecule has 0 bridgehead atoms. The van der Waals surface area contributed by atoms with Crippen LogP contribution in [-0.2, 0) is 20.8 Å². The van der Waals surface area contributed by atoms with Crippen LogP contribution >= 0.6 is 34.4 Å². The van der Waals surface area contributed by atoms with E-state index in [1.165, 1.54) is 18.0 Å². The van der Waals surface area contributed by atoms with Gasteiger partial charge >= 0.3 is 6.09 Å². The minimum absolute atomic E-state index is 0.0148. The fraction of sp³-hybridized carbons (Fsp3) is 0.458. The third-order valence-electron chi connectivity index (χ3n) is 5.10. The lowest BCUT2D eigenvalue weighted by atomic mass is 10.2. The Labute approximate surface area is 228 Å². The van der Waals surface area contributed by atoms with E-state index in [-0.39, 0.29) is 23.6 Å². The second-order valence-corrected chi connectivity index (χ2v) is 11.5. The van der Waals surface area contributed by atoms with Crippen LogP contribution in [0.3, 0.4) is 0 Å². The molecule has 0 aliphatic carbocycles. The molecule has 2 aromatic rings. The average Bonchev–Trinajstić information content (AvgIpc) is 3.35. The van der Waals surface area contributed by atoms with Crippen LogP contribution < -0.4 is 11.5 Å². The fourth-order valence-electron chi connectivity index (χ4n) is 3.42. The van der Waals surface area contributed by atoms with Crippen molar-refractivity contribution < 1.29 is 23.8 Å². The van der Waals surface area contributed by atoms with Crippen molar-refractivity contribution in [2.75, 3.05) is 12.3 Å². The van der Waals surface area contributed by atoms with E-state index in [1.807, 2.05) is 58.9 Å². The number of anilines is 1. The highest BCUT2D eigenvalue weighted by molar-refractivity contribution is 14.1. The molecule has 1 aliphatic rings. The zero-order valence-electron chi connectivity index (χ0n) is 21.0. The summed E-state index contributed by atoms with van der Waals surface area (Å²) in [6, 6.07) is 7.71. The highest BCUT2D eigenvalue weighted by Gasteiger charge is 2.28. The van der Waals surface area contributed by atoms with Gasteiger partial charge in [0.2, 0.25) is 5.09 Å². The number of ether oxygens (including phenoxy) is 3. The molecule has 1 unspecified atom stereocenters. The van der Waals surface area contributed by atoms with Crippen LogP contribution in [0, 0.1) is 3.57 Å². The Morgan fingerprint density at radius 1 is 1.31 bits per heavy atom. The zero-order chi connectivity index (χ0) is 26.6. The van der Waals surface area contributed by atoms with Gasteiger partial charge < -0.3 is 35.1 Å². The molecule has 36 heavy (non-hydrogen) atoms. The number of hydrogen-bond acceptors (Lipinski definition) is 8. The van der Waals surface area contributed by atoms with Crippen molar-refractivity contribution in [1.29, 1.82) is 0 Å². The van der Waals surface area contributed by atoms with Gasteiger partial charge in [0.1, 0.15) is 17.7 Å². The van der Waals surface area contributed by atoms with Gasteiger partial charge in [-0.1, -0.05) is 18.2 Å². The highest BCUT2D eigenvalue weighted by Crippen LogP contribution is 2.39. The molecule has 0 radical (unpaired) electrons. The van der Waals surface area contributed by atoms with Gasteiger partial charge in [0.15, 0.2) is 10.9 Å². The maximum Gasteiger partial charge on any atom is 0.410 e. The topological polar surface area (TPSA) is 135 Å². The van der Waals surface area contributed by atoms with E-state index in [0.29, 0.717) is 29.8 Å². The summed E-state index contributed by atoms with van der Waals surface area (Å²) in [5, 5.41) is 0.910. The highest BCUT2D eigenvalue weighted by atomic mass is 127. The summed E-state index contributed by atoms with van der Waals surface area (Å²) in [6.07, 6.45) is 1.10. The third-order valence-corrected chi connectivity index (χ3v) is 6.97. The van der Waals surface area contributed by atoms with E-state index in [4.69, 9.17) is 25.7 Å². The Morgan fingerprint density at radius 2 is 2.00 bits per heavy atom. The van der Waals surface area contributed by atoms with Crippen molar-refractivity contribution in [3.8, 4) is 0 Å². The second-order valence-electron chi connectivity index (χ2n) is 9.41. The van der Waals surface area contributed by atoms with Crippen molar-refractivity contribution in [3.05, 3.63) is 50.4 Å². The van der Waals surface area contributed by atoms with Gasteiger partial charge in [-0.05, 0) is 81.5 Å². The molecule has 0 saturated carbocycles. The van der Waals surface area contributed by atoms with Crippen LogP contribution in [-0.4, -0.2) is 44.6 Å². The number of aromatic nitrogens is 2. The Hall–Kier alpha value is -2.61. The van der Waals surface area contributed by atoms with Gasteiger partial charge in [0, 0.05) is 28.3 Å². The molecule has 1 aliphatic heterocycles. The lowest BCUT2D eigenvalue weighted by Crippen LogP contribution is -2.41. The predicted molar refractivity (Wildman–Crippen MR) is 146 cm³/mol. The molecule has 196 valence electrons. The fourth-order valence-corrected chi connectivity index (χ4v) is 4.92. The number of nitrogen functional groups attached to an aromatic ring is 1. The third kappa shape index (κ3) is 6.99. The number of nitrogens with zero attached hydrogens (tertiary/aromatic N) is 3. The minimum atomic E-state index is -0.722.